The van der Waals surface area contributed by atoms with E-state index in [0.29, 0.717) is 0 Å². The molecule has 0 spiro atoms. The third-order valence-electron chi connectivity index (χ3n) is 2.42. The molecule has 0 aromatic heterocycles. The topological polar surface area (TPSA) is 0 Å². The van der Waals surface area contributed by atoms with Crippen LogP contribution in [-0.4, -0.2) is 0 Å². The maximum absolute atomic E-state index is 3.63. The van der Waals surface area contributed by atoms with Crippen molar-refractivity contribution in [2.45, 2.75) is 6.92 Å². The number of benzene rings is 2. The van der Waals surface area contributed by atoms with Gasteiger partial charge in [-0.25, -0.2) is 0 Å². The van der Waals surface area contributed by atoms with Gasteiger partial charge in [-0.1, -0.05) is 111 Å². The Bertz CT molecular complexity index is 504. The maximum atomic E-state index is 3.63. The summed E-state index contributed by atoms with van der Waals surface area (Å²) >= 11 is 0. The van der Waals surface area contributed by atoms with Crippen LogP contribution < -0.4 is 0 Å². The molecule has 120 valence electrons. The molecule has 0 N–H and O–H groups in total. The Labute approximate surface area is 142 Å². The fraction of sp³-hybridized carbons (Fsp3) is 0.0435. The molecular weight excluding hydrogens is 276 g/mol. The molecule has 0 saturated heterocycles. The van der Waals surface area contributed by atoms with Gasteiger partial charge in [0.25, 0.3) is 0 Å². The molecular formula is C23H28. The van der Waals surface area contributed by atoms with Gasteiger partial charge in [0.05, 0.1) is 0 Å². The van der Waals surface area contributed by atoms with Crippen LogP contribution in [0.5, 0.6) is 0 Å². The summed E-state index contributed by atoms with van der Waals surface area (Å²) in [4.78, 5) is 0. The molecule has 0 fully saturated rings. The van der Waals surface area contributed by atoms with Crippen LogP contribution in [0.15, 0.2) is 112 Å². The van der Waals surface area contributed by atoms with Crippen molar-refractivity contribution in [1.82, 2.24) is 0 Å². The van der Waals surface area contributed by atoms with Gasteiger partial charge in [0, 0.05) is 0 Å². The first kappa shape index (κ1) is 22.4. The first-order valence-electron chi connectivity index (χ1n) is 7.27. The monoisotopic (exact) mass is 304 g/mol. The van der Waals surface area contributed by atoms with Gasteiger partial charge in [0.1, 0.15) is 0 Å². The van der Waals surface area contributed by atoms with Crippen LogP contribution >= 0.6 is 0 Å². The van der Waals surface area contributed by atoms with Gasteiger partial charge in [-0.05, 0) is 18.1 Å². The van der Waals surface area contributed by atoms with Gasteiger partial charge in [-0.15, -0.1) is 13.2 Å². The predicted molar refractivity (Wildman–Crippen MR) is 109 cm³/mol. The van der Waals surface area contributed by atoms with Crippen molar-refractivity contribution in [3.8, 4) is 0 Å². The number of hydrogen-bond acceptors (Lipinski definition) is 0. The minimum Gasteiger partial charge on any atom is -0.106 e. The van der Waals surface area contributed by atoms with Crippen molar-refractivity contribution in [1.29, 1.82) is 0 Å². The van der Waals surface area contributed by atoms with E-state index >= 15 is 0 Å². The highest BCUT2D eigenvalue weighted by Crippen LogP contribution is 1.98. The summed E-state index contributed by atoms with van der Waals surface area (Å²) < 4.78 is 0. The lowest BCUT2D eigenvalue weighted by Crippen LogP contribution is -1.63. The quantitative estimate of drug-likeness (QED) is 0.415. The number of allylic oxidation sites excluding steroid dienone is 2. The van der Waals surface area contributed by atoms with Gasteiger partial charge >= 0.3 is 0 Å². The smallest absolute Gasteiger partial charge is 0.0263 e. The van der Waals surface area contributed by atoms with Crippen molar-refractivity contribution in [2.75, 3.05) is 0 Å². The summed E-state index contributed by atoms with van der Waals surface area (Å²) in [5, 5.41) is 0. The molecule has 2 rings (SSSR count). The number of hydrogen-bond donors (Lipinski definition) is 0. The summed E-state index contributed by atoms with van der Waals surface area (Å²) in [6, 6.07) is 20.1. The van der Waals surface area contributed by atoms with Gasteiger partial charge in [-0.3, -0.25) is 0 Å². The Balaban J connectivity index is 0. The second kappa shape index (κ2) is 17.2. The van der Waals surface area contributed by atoms with Crippen molar-refractivity contribution in [2.24, 2.45) is 0 Å². The molecule has 0 bridgehead atoms. The van der Waals surface area contributed by atoms with Gasteiger partial charge in [-0.2, -0.15) is 0 Å². The van der Waals surface area contributed by atoms with Crippen LogP contribution in [0, 0.1) is 0 Å². The van der Waals surface area contributed by atoms with Gasteiger partial charge < -0.3 is 0 Å². The Kier molecular flexibility index (Phi) is 16.8. The molecule has 23 heavy (non-hydrogen) atoms. The van der Waals surface area contributed by atoms with Gasteiger partial charge in [0.15, 0.2) is 0 Å². The molecule has 0 radical (unpaired) electrons. The summed E-state index contributed by atoms with van der Waals surface area (Å²) in [5.74, 6) is 0. The Hall–Kier alpha value is -2.86. The summed E-state index contributed by atoms with van der Waals surface area (Å²) in [5.41, 5.74) is 3.37. The lowest BCUT2D eigenvalue weighted by Gasteiger charge is -1.85. The highest BCUT2D eigenvalue weighted by molar-refractivity contribution is 5.46. The number of rotatable bonds is 3. The molecule has 0 aliphatic heterocycles. The van der Waals surface area contributed by atoms with Crippen LogP contribution in [0.25, 0.3) is 12.2 Å². The summed E-state index contributed by atoms with van der Waals surface area (Å²) in [6.45, 7) is 22.2. The summed E-state index contributed by atoms with van der Waals surface area (Å²) in [6.07, 6.45) is 5.39. The maximum Gasteiger partial charge on any atom is -0.0263 e. The molecule has 0 aliphatic carbocycles. The van der Waals surface area contributed by atoms with Crippen LogP contribution in [0.4, 0.5) is 0 Å². The first-order chi connectivity index (χ1) is 11.1. The fourth-order valence-electron chi connectivity index (χ4n) is 1.18. The van der Waals surface area contributed by atoms with E-state index in [0.717, 1.165) is 5.57 Å². The second-order valence-electron chi connectivity index (χ2n) is 4.28. The lowest BCUT2D eigenvalue weighted by atomic mass is 10.2. The van der Waals surface area contributed by atoms with Crippen LogP contribution in [0.1, 0.15) is 18.1 Å². The van der Waals surface area contributed by atoms with E-state index < -0.39 is 0 Å². The van der Waals surface area contributed by atoms with E-state index in [-0.39, 0.29) is 0 Å². The molecule has 0 atom stereocenters. The molecule has 0 amide bonds. The van der Waals surface area contributed by atoms with Crippen LogP contribution in [0.2, 0.25) is 0 Å². The molecule has 0 unspecified atom stereocenters. The van der Waals surface area contributed by atoms with Gasteiger partial charge in [0.2, 0.25) is 0 Å². The minimum atomic E-state index is 1.02. The van der Waals surface area contributed by atoms with Crippen molar-refractivity contribution < 1.29 is 0 Å². The molecule has 0 saturated carbocycles. The zero-order valence-electron chi connectivity index (χ0n) is 14.2. The zero-order chi connectivity index (χ0) is 17.9. The predicted octanol–water partition coefficient (Wildman–Crippen LogP) is 7.21. The van der Waals surface area contributed by atoms with Crippen LogP contribution in [0.3, 0.4) is 0 Å². The van der Waals surface area contributed by atoms with E-state index in [1.54, 1.807) is 6.08 Å². The Morgan fingerprint density at radius 1 is 0.696 bits per heavy atom. The second-order valence-corrected chi connectivity index (χ2v) is 4.28. The van der Waals surface area contributed by atoms with E-state index in [1.165, 1.54) is 11.1 Å². The average Bonchev–Trinajstić information content (AvgIpc) is 2.65. The van der Waals surface area contributed by atoms with Crippen molar-refractivity contribution in [3.05, 3.63) is 123 Å². The normalized spacial score (nSPS) is 7.52. The Morgan fingerprint density at radius 2 is 0.957 bits per heavy atom. The lowest BCUT2D eigenvalue weighted by molar-refractivity contribution is 1.58. The third-order valence-corrected chi connectivity index (χ3v) is 2.42. The van der Waals surface area contributed by atoms with Crippen LogP contribution in [-0.2, 0) is 0 Å². The van der Waals surface area contributed by atoms with E-state index in [2.05, 4.69) is 39.5 Å². The highest BCUT2D eigenvalue weighted by atomic mass is 13.8. The third kappa shape index (κ3) is 15.3. The van der Waals surface area contributed by atoms with E-state index in [9.17, 15) is 0 Å². The van der Waals surface area contributed by atoms with Crippen molar-refractivity contribution >= 4 is 12.2 Å². The molecule has 0 heteroatoms. The van der Waals surface area contributed by atoms with E-state index in [1.807, 2.05) is 79.7 Å². The Morgan fingerprint density at radius 3 is 1.09 bits per heavy atom. The van der Waals surface area contributed by atoms with E-state index in [4.69, 9.17) is 0 Å². The van der Waals surface area contributed by atoms with Crippen molar-refractivity contribution in [3.63, 3.8) is 0 Å². The zero-order valence-corrected chi connectivity index (χ0v) is 14.2. The summed E-state index contributed by atoms with van der Waals surface area (Å²) in [7, 11) is 0. The SMILES string of the molecule is C=C.C=CC(=C)C.C=Cc1ccccc1.C=Cc1ccccc1. The average molecular weight is 304 g/mol. The standard InChI is InChI=1S/2C8H8.C5H8.C2H4/c2*1-2-8-6-4-3-5-7-8;1-4-5(2)3;1-2/h2*2-7H,1H2;4H,1-2H2,3H3;1-2H2. The highest BCUT2D eigenvalue weighted by Gasteiger charge is 1.76. The molecule has 0 heterocycles. The molecule has 2 aromatic carbocycles. The molecule has 2 aromatic rings. The minimum absolute atomic E-state index is 1.02. The molecule has 0 aliphatic rings. The largest absolute Gasteiger partial charge is 0.106 e. The first-order valence-corrected chi connectivity index (χ1v) is 7.27. The fourth-order valence-corrected chi connectivity index (χ4v) is 1.18. The molecule has 0 nitrogen and oxygen atoms in total.